The average Bonchev–Trinajstić information content (AvgIpc) is 3.84. The summed E-state index contributed by atoms with van der Waals surface area (Å²) in [7, 11) is 2.16. The minimum atomic E-state index is 0.112. The lowest BCUT2D eigenvalue weighted by atomic mass is 9.96. The zero-order valence-electron chi connectivity index (χ0n) is 25.8. The summed E-state index contributed by atoms with van der Waals surface area (Å²) in [6.45, 7) is 1.98. The number of aliphatic imine (C=N–C) groups is 2. The van der Waals surface area contributed by atoms with Crippen molar-refractivity contribution in [2.45, 2.75) is 49.6 Å². The summed E-state index contributed by atoms with van der Waals surface area (Å²) in [5, 5.41) is 11.9. The van der Waals surface area contributed by atoms with E-state index in [4.69, 9.17) is 28.6 Å². The Labute approximate surface area is 266 Å². The summed E-state index contributed by atoms with van der Waals surface area (Å²) in [5.74, 6) is 5.99. The molecule has 0 saturated carbocycles. The second-order valence-electron chi connectivity index (χ2n) is 12.7. The van der Waals surface area contributed by atoms with Gasteiger partial charge in [0.1, 0.15) is 6.17 Å². The Morgan fingerprint density at radius 1 is 0.933 bits per heavy atom. The normalized spacial score (nSPS) is 26.9. The SMILES string of the molecule is C#CC1CNC(C2N=CC(c3ccc4cc(-c5ccc6cc(C(CN)=NCC7CCC(C#C)N7)ccc6c5)ccc4c3)N2C)C1. The first-order chi connectivity index (χ1) is 22.0. The molecule has 4 aromatic carbocycles. The van der Waals surface area contributed by atoms with Gasteiger partial charge in [0.15, 0.2) is 0 Å². The summed E-state index contributed by atoms with van der Waals surface area (Å²) < 4.78 is 0. The Morgan fingerprint density at radius 2 is 1.64 bits per heavy atom. The first-order valence-electron chi connectivity index (χ1n) is 16.0. The first kappa shape index (κ1) is 29.4. The summed E-state index contributed by atoms with van der Waals surface area (Å²) in [6.07, 6.45) is 16.5. The summed E-state index contributed by atoms with van der Waals surface area (Å²) in [5.41, 5.74) is 11.8. The predicted octanol–water partition coefficient (Wildman–Crippen LogP) is 5.16. The van der Waals surface area contributed by atoms with E-state index in [1.165, 1.54) is 38.2 Å². The highest BCUT2D eigenvalue weighted by Crippen LogP contribution is 2.33. The highest BCUT2D eigenvalue weighted by molar-refractivity contribution is 6.05. The topological polar surface area (TPSA) is 78.0 Å². The van der Waals surface area contributed by atoms with Crippen LogP contribution in [0.4, 0.5) is 0 Å². The fourth-order valence-electron chi connectivity index (χ4n) is 7.20. The van der Waals surface area contributed by atoms with Crippen molar-refractivity contribution in [2.75, 3.05) is 26.7 Å². The number of rotatable bonds is 7. The van der Waals surface area contributed by atoms with Crippen LogP contribution in [0.3, 0.4) is 0 Å². The Hall–Kier alpha value is -4.30. The fourth-order valence-corrected chi connectivity index (χ4v) is 7.20. The van der Waals surface area contributed by atoms with Crippen LogP contribution in [0.5, 0.6) is 0 Å². The van der Waals surface area contributed by atoms with Crippen molar-refractivity contribution in [3.63, 3.8) is 0 Å². The zero-order chi connectivity index (χ0) is 30.9. The van der Waals surface area contributed by atoms with E-state index < -0.39 is 0 Å². The summed E-state index contributed by atoms with van der Waals surface area (Å²) >= 11 is 0. The van der Waals surface area contributed by atoms with Crippen molar-refractivity contribution < 1.29 is 0 Å². The molecule has 4 N–H and O–H groups in total. The van der Waals surface area contributed by atoms with Gasteiger partial charge in [-0.3, -0.25) is 20.2 Å². The molecule has 0 amide bonds. The second-order valence-corrected chi connectivity index (χ2v) is 12.7. The molecule has 2 saturated heterocycles. The van der Waals surface area contributed by atoms with Gasteiger partial charge in [0, 0.05) is 37.3 Å². The maximum Gasteiger partial charge on any atom is 0.118 e. The third kappa shape index (κ3) is 5.91. The van der Waals surface area contributed by atoms with Gasteiger partial charge in [-0.25, -0.2) is 0 Å². The number of fused-ring (bicyclic) bond motifs is 2. The molecule has 3 heterocycles. The Balaban J connectivity index is 1.07. The molecule has 4 aromatic rings. The van der Waals surface area contributed by atoms with Gasteiger partial charge in [0.05, 0.1) is 24.3 Å². The number of hydrogen-bond donors (Lipinski definition) is 3. The molecular formula is C39H40N6. The monoisotopic (exact) mass is 592 g/mol. The molecule has 6 nitrogen and oxygen atoms in total. The van der Waals surface area contributed by atoms with E-state index >= 15 is 0 Å². The van der Waals surface area contributed by atoms with Gasteiger partial charge in [0.25, 0.3) is 0 Å². The van der Waals surface area contributed by atoms with E-state index in [1.54, 1.807) is 0 Å². The van der Waals surface area contributed by atoms with E-state index in [-0.39, 0.29) is 18.2 Å². The van der Waals surface area contributed by atoms with Crippen LogP contribution in [-0.4, -0.2) is 67.8 Å². The lowest BCUT2D eigenvalue weighted by Crippen LogP contribution is -2.42. The molecule has 2 fully saturated rings. The Kier molecular flexibility index (Phi) is 8.23. The third-order valence-corrected chi connectivity index (χ3v) is 9.85. The van der Waals surface area contributed by atoms with Crippen LogP contribution >= 0.6 is 0 Å². The van der Waals surface area contributed by atoms with Gasteiger partial charge >= 0.3 is 0 Å². The van der Waals surface area contributed by atoms with Crippen molar-refractivity contribution in [3.05, 3.63) is 83.9 Å². The van der Waals surface area contributed by atoms with Crippen LogP contribution in [0.2, 0.25) is 0 Å². The minimum Gasteiger partial charge on any atom is -0.325 e. The molecule has 0 aliphatic carbocycles. The van der Waals surface area contributed by atoms with E-state index in [9.17, 15) is 0 Å². The number of likely N-dealkylation sites (N-methyl/N-ethyl adjacent to an activating group) is 1. The molecule has 6 unspecified atom stereocenters. The molecule has 3 aliphatic rings. The standard InChI is InChI=1S/C39H40N6/c1-4-25-16-36(41-22-25)39-43-24-38(45(39)3)33-13-11-29-18-27(7-9-31(29)20-33)26-6-8-30-19-32(12-10-28(30)17-26)37(21-40)42-23-35-15-14-34(5-2)44-35/h1-2,6-13,17-20,24-25,34-36,38-39,41,44H,14-16,21-23,40H2,3H3. The Bertz CT molecular complexity index is 1880. The molecule has 7 rings (SSSR count). The lowest BCUT2D eigenvalue weighted by molar-refractivity contribution is 0.207. The van der Waals surface area contributed by atoms with Crippen molar-refractivity contribution in [1.29, 1.82) is 0 Å². The number of nitrogens with two attached hydrogens (primary N) is 1. The van der Waals surface area contributed by atoms with Crippen LogP contribution < -0.4 is 16.4 Å². The molecule has 226 valence electrons. The van der Waals surface area contributed by atoms with Crippen LogP contribution in [0.15, 0.2) is 82.8 Å². The number of benzene rings is 4. The second kappa shape index (κ2) is 12.6. The van der Waals surface area contributed by atoms with Crippen molar-refractivity contribution >= 4 is 33.5 Å². The number of nitrogens with zero attached hydrogens (tertiary/aromatic N) is 3. The molecular weight excluding hydrogens is 552 g/mol. The van der Waals surface area contributed by atoms with Gasteiger partial charge in [-0.15, -0.1) is 18.8 Å². The van der Waals surface area contributed by atoms with Crippen molar-refractivity contribution in [2.24, 2.45) is 21.6 Å². The first-order valence-corrected chi connectivity index (χ1v) is 16.0. The van der Waals surface area contributed by atoms with E-state index in [0.29, 0.717) is 31.1 Å². The maximum absolute atomic E-state index is 6.12. The van der Waals surface area contributed by atoms with Gasteiger partial charge in [0.2, 0.25) is 0 Å². The van der Waals surface area contributed by atoms with E-state index in [1.807, 2.05) is 0 Å². The Morgan fingerprint density at radius 3 is 2.33 bits per heavy atom. The molecule has 3 aliphatic heterocycles. The number of terminal acetylenes is 2. The molecule has 6 atom stereocenters. The minimum absolute atomic E-state index is 0.112. The van der Waals surface area contributed by atoms with E-state index in [0.717, 1.165) is 37.1 Å². The van der Waals surface area contributed by atoms with Gasteiger partial charge in [-0.1, -0.05) is 54.5 Å². The largest absolute Gasteiger partial charge is 0.325 e. The highest BCUT2D eigenvalue weighted by Gasteiger charge is 2.37. The van der Waals surface area contributed by atoms with Crippen molar-refractivity contribution in [1.82, 2.24) is 15.5 Å². The molecule has 0 aromatic heterocycles. The van der Waals surface area contributed by atoms with E-state index in [2.05, 4.69) is 113 Å². The zero-order valence-corrected chi connectivity index (χ0v) is 25.8. The molecule has 0 radical (unpaired) electrons. The third-order valence-electron chi connectivity index (χ3n) is 9.85. The van der Waals surface area contributed by atoms with Crippen molar-refractivity contribution in [3.8, 4) is 35.8 Å². The van der Waals surface area contributed by atoms with Gasteiger partial charge in [-0.2, -0.15) is 0 Å². The highest BCUT2D eigenvalue weighted by atomic mass is 15.3. The number of nitrogens with one attached hydrogen (secondary N) is 2. The molecule has 0 spiro atoms. The predicted molar refractivity (Wildman–Crippen MR) is 188 cm³/mol. The van der Waals surface area contributed by atoms with Gasteiger partial charge in [-0.05, 0) is 94.4 Å². The van der Waals surface area contributed by atoms with Crippen LogP contribution in [0.1, 0.15) is 36.4 Å². The lowest BCUT2D eigenvalue weighted by Gasteiger charge is -2.28. The smallest absolute Gasteiger partial charge is 0.118 e. The maximum atomic E-state index is 6.12. The quantitative estimate of drug-likeness (QED) is 0.205. The van der Waals surface area contributed by atoms with Crippen LogP contribution in [0.25, 0.3) is 32.7 Å². The van der Waals surface area contributed by atoms with Gasteiger partial charge < -0.3 is 11.1 Å². The van der Waals surface area contributed by atoms with Crippen LogP contribution in [0, 0.1) is 30.6 Å². The number of hydrogen-bond acceptors (Lipinski definition) is 6. The molecule has 6 heteroatoms. The fraction of sp³-hybridized carbons (Fsp3) is 0.333. The molecule has 0 bridgehead atoms. The average molecular weight is 593 g/mol. The molecule has 45 heavy (non-hydrogen) atoms. The summed E-state index contributed by atoms with van der Waals surface area (Å²) in [4.78, 5) is 12.1. The summed E-state index contributed by atoms with van der Waals surface area (Å²) in [6, 6.07) is 27.6. The van der Waals surface area contributed by atoms with Crippen LogP contribution in [-0.2, 0) is 0 Å².